The molecule has 2 atom stereocenters. The van der Waals surface area contributed by atoms with E-state index >= 15 is 0 Å². The Hall–Kier alpha value is -1.72. The van der Waals surface area contributed by atoms with Crippen molar-refractivity contribution in [3.8, 4) is 10.4 Å². The van der Waals surface area contributed by atoms with Crippen molar-refractivity contribution < 1.29 is 9.18 Å². The number of hydrogen-bond acceptors (Lipinski definition) is 3. The third-order valence-corrected chi connectivity index (χ3v) is 5.66. The van der Waals surface area contributed by atoms with Gasteiger partial charge in [0.05, 0.1) is 6.04 Å². The van der Waals surface area contributed by atoms with Crippen molar-refractivity contribution in [2.75, 3.05) is 6.54 Å². The van der Waals surface area contributed by atoms with Gasteiger partial charge in [0.1, 0.15) is 12.0 Å². The van der Waals surface area contributed by atoms with Gasteiger partial charge in [0.25, 0.3) is 0 Å². The van der Waals surface area contributed by atoms with Crippen LogP contribution < -0.4 is 5.32 Å². The van der Waals surface area contributed by atoms with E-state index in [1.165, 1.54) is 6.07 Å². The number of hydrogen-bond donors (Lipinski definition) is 1. The van der Waals surface area contributed by atoms with Crippen LogP contribution in [0.2, 0.25) is 0 Å². The highest BCUT2D eigenvalue weighted by Crippen LogP contribution is 2.38. The summed E-state index contributed by atoms with van der Waals surface area (Å²) in [4.78, 5) is 16.4. The van der Waals surface area contributed by atoms with Gasteiger partial charge in [0, 0.05) is 21.9 Å². The lowest BCUT2D eigenvalue weighted by atomic mass is 10.0. The highest BCUT2D eigenvalue weighted by atomic mass is 32.1. The van der Waals surface area contributed by atoms with Gasteiger partial charge in [-0.1, -0.05) is 24.6 Å². The number of rotatable bonds is 2. The molecule has 114 valence electrons. The first kappa shape index (κ1) is 13.9. The van der Waals surface area contributed by atoms with Crippen LogP contribution in [0.5, 0.6) is 0 Å². The summed E-state index contributed by atoms with van der Waals surface area (Å²) in [5.41, 5.74) is 0.623. The summed E-state index contributed by atoms with van der Waals surface area (Å²) in [6.45, 7) is 0.945. The summed E-state index contributed by atoms with van der Waals surface area (Å²) in [6, 6.07) is 10.8. The Morgan fingerprint density at radius 1 is 1.18 bits per heavy atom. The Bertz CT molecular complexity index is 714. The lowest BCUT2D eigenvalue weighted by molar-refractivity contribution is -0.122. The van der Waals surface area contributed by atoms with Crippen LogP contribution in [-0.2, 0) is 4.79 Å². The third kappa shape index (κ3) is 2.25. The number of amides is 1. The molecule has 4 rings (SSSR count). The number of nitrogens with zero attached hydrogens (tertiary/aromatic N) is 1. The molecule has 2 aliphatic rings. The number of fused-ring (bicyclic) bond motifs is 1. The monoisotopic (exact) mass is 316 g/mol. The predicted molar refractivity (Wildman–Crippen MR) is 84.9 cm³/mol. The van der Waals surface area contributed by atoms with Crippen LogP contribution in [0.4, 0.5) is 4.39 Å². The van der Waals surface area contributed by atoms with E-state index in [0.29, 0.717) is 5.56 Å². The zero-order valence-corrected chi connectivity index (χ0v) is 12.9. The lowest BCUT2D eigenvalue weighted by Crippen LogP contribution is -2.38. The van der Waals surface area contributed by atoms with Crippen LogP contribution >= 0.6 is 11.3 Å². The summed E-state index contributed by atoms with van der Waals surface area (Å²) >= 11 is 1.56. The van der Waals surface area contributed by atoms with Crippen molar-refractivity contribution in [3.05, 3.63) is 47.1 Å². The molecule has 1 aromatic heterocycles. The molecule has 3 nitrogen and oxygen atoms in total. The van der Waals surface area contributed by atoms with Gasteiger partial charge in [-0.05, 0) is 31.0 Å². The van der Waals surface area contributed by atoms with Crippen LogP contribution in [0.25, 0.3) is 10.4 Å². The summed E-state index contributed by atoms with van der Waals surface area (Å²) in [5, 5.41) is 3.10. The number of halogens is 1. The van der Waals surface area contributed by atoms with E-state index in [1.54, 1.807) is 23.5 Å². The minimum Gasteiger partial charge on any atom is -0.334 e. The van der Waals surface area contributed by atoms with Crippen molar-refractivity contribution in [2.45, 2.75) is 31.5 Å². The molecule has 1 aromatic carbocycles. The van der Waals surface area contributed by atoms with E-state index in [2.05, 4.69) is 10.2 Å². The summed E-state index contributed by atoms with van der Waals surface area (Å²) in [5.74, 6) is -0.0762. The minimum atomic E-state index is -0.206. The number of carbonyl (C=O) groups is 1. The van der Waals surface area contributed by atoms with E-state index in [0.717, 1.165) is 35.6 Å². The molecule has 0 bridgehead atoms. The van der Waals surface area contributed by atoms with Gasteiger partial charge in [0.2, 0.25) is 5.91 Å². The second kappa shape index (κ2) is 5.48. The minimum absolute atomic E-state index is 0.0118. The zero-order valence-electron chi connectivity index (χ0n) is 12.1. The van der Waals surface area contributed by atoms with E-state index in [4.69, 9.17) is 0 Å². The first-order chi connectivity index (χ1) is 10.7. The van der Waals surface area contributed by atoms with Crippen LogP contribution in [0.15, 0.2) is 36.4 Å². The average molecular weight is 316 g/mol. The molecule has 5 heteroatoms. The molecule has 22 heavy (non-hydrogen) atoms. The average Bonchev–Trinajstić information content (AvgIpc) is 3.13. The molecular formula is C17H17FN2OS. The zero-order chi connectivity index (χ0) is 15.1. The molecule has 3 heterocycles. The second-order valence-electron chi connectivity index (χ2n) is 5.84. The van der Waals surface area contributed by atoms with Crippen LogP contribution in [0, 0.1) is 5.82 Å². The van der Waals surface area contributed by atoms with Gasteiger partial charge in [-0.2, -0.15) is 0 Å². The van der Waals surface area contributed by atoms with Crippen molar-refractivity contribution in [3.63, 3.8) is 0 Å². The Balaban J connectivity index is 1.64. The molecule has 0 saturated carbocycles. The SMILES string of the molecule is O=C1NC(c2ccc(-c3ccccc3F)s2)N2CCCCC12. The summed E-state index contributed by atoms with van der Waals surface area (Å²) in [6.07, 6.45) is 3.14. The molecule has 1 N–H and O–H groups in total. The molecule has 0 spiro atoms. The predicted octanol–water partition coefficient (Wildman–Crippen LogP) is 3.54. The van der Waals surface area contributed by atoms with E-state index in [-0.39, 0.29) is 23.9 Å². The van der Waals surface area contributed by atoms with Gasteiger partial charge >= 0.3 is 0 Å². The Kier molecular flexibility index (Phi) is 3.47. The summed E-state index contributed by atoms with van der Waals surface area (Å²) in [7, 11) is 0. The van der Waals surface area contributed by atoms with Crippen molar-refractivity contribution in [1.29, 1.82) is 0 Å². The van der Waals surface area contributed by atoms with Crippen molar-refractivity contribution >= 4 is 17.2 Å². The fourth-order valence-electron chi connectivity index (χ4n) is 3.40. The second-order valence-corrected chi connectivity index (χ2v) is 6.96. The number of thiophene rings is 1. The topological polar surface area (TPSA) is 32.3 Å². The summed E-state index contributed by atoms with van der Waals surface area (Å²) < 4.78 is 13.9. The Morgan fingerprint density at radius 3 is 2.91 bits per heavy atom. The molecule has 2 fully saturated rings. The maximum Gasteiger partial charge on any atom is 0.238 e. The maximum absolute atomic E-state index is 13.9. The van der Waals surface area contributed by atoms with Crippen LogP contribution in [0.3, 0.4) is 0 Å². The smallest absolute Gasteiger partial charge is 0.238 e. The van der Waals surface area contributed by atoms with Gasteiger partial charge < -0.3 is 5.32 Å². The molecule has 0 radical (unpaired) electrons. The molecule has 2 aliphatic heterocycles. The number of benzene rings is 1. The first-order valence-electron chi connectivity index (χ1n) is 7.65. The fourth-order valence-corrected chi connectivity index (χ4v) is 4.51. The van der Waals surface area contributed by atoms with Crippen molar-refractivity contribution in [1.82, 2.24) is 10.2 Å². The van der Waals surface area contributed by atoms with Crippen LogP contribution in [-0.4, -0.2) is 23.4 Å². The molecule has 2 aromatic rings. The normalized spacial score (nSPS) is 25.0. The van der Waals surface area contributed by atoms with Gasteiger partial charge in [0.15, 0.2) is 0 Å². The standard InChI is InChI=1S/C17H17FN2OS/c18-12-6-2-1-5-11(12)14-8-9-15(22-14)16-19-17(21)13-7-3-4-10-20(13)16/h1-2,5-6,8-9,13,16H,3-4,7,10H2,(H,19,21). The fraction of sp³-hybridized carbons (Fsp3) is 0.353. The molecule has 0 aliphatic carbocycles. The van der Waals surface area contributed by atoms with E-state index in [9.17, 15) is 9.18 Å². The number of nitrogens with one attached hydrogen (secondary N) is 1. The molecular weight excluding hydrogens is 299 g/mol. The van der Waals surface area contributed by atoms with Crippen molar-refractivity contribution in [2.24, 2.45) is 0 Å². The third-order valence-electron chi connectivity index (χ3n) is 4.49. The molecule has 1 amide bonds. The quantitative estimate of drug-likeness (QED) is 0.919. The van der Waals surface area contributed by atoms with E-state index in [1.807, 2.05) is 18.2 Å². The van der Waals surface area contributed by atoms with Crippen LogP contribution in [0.1, 0.15) is 30.3 Å². The largest absolute Gasteiger partial charge is 0.334 e. The Morgan fingerprint density at radius 2 is 2.05 bits per heavy atom. The molecule has 2 unspecified atom stereocenters. The first-order valence-corrected chi connectivity index (χ1v) is 8.46. The van der Waals surface area contributed by atoms with Gasteiger partial charge in [-0.25, -0.2) is 4.39 Å². The maximum atomic E-state index is 13.9. The van der Waals surface area contributed by atoms with Gasteiger partial charge in [-0.15, -0.1) is 11.3 Å². The van der Waals surface area contributed by atoms with E-state index < -0.39 is 0 Å². The number of carbonyl (C=O) groups excluding carboxylic acids is 1. The van der Waals surface area contributed by atoms with Gasteiger partial charge in [-0.3, -0.25) is 9.69 Å². The highest BCUT2D eigenvalue weighted by molar-refractivity contribution is 7.15. The number of piperidine rings is 1. The lowest BCUT2D eigenvalue weighted by Gasteiger charge is -2.30. The molecule has 2 saturated heterocycles. The highest BCUT2D eigenvalue weighted by Gasteiger charge is 2.42. The Labute approximate surface area is 132 Å².